The van der Waals surface area contributed by atoms with Crippen LogP contribution in [0.25, 0.3) is 45.0 Å². The molecule has 15 aromatic rings. The molecule has 0 amide bonds. The number of hydrogen-bond acceptors (Lipinski definition) is 8. The van der Waals surface area contributed by atoms with E-state index < -0.39 is 0 Å². The van der Waals surface area contributed by atoms with Gasteiger partial charge in [-0.1, -0.05) is 0 Å². The first-order valence-corrected chi connectivity index (χ1v) is 36.5. The van der Waals surface area contributed by atoms with Crippen LogP contribution in [-0.2, 0) is 0 Å². The topological polar surface area (TPSA) is 64.5 Å². The number of rotatable bonds is 12. The fourth-order valence-corrected chi connectivity index (χ4v) is 20.8. The fourth-order valence-electron chi connectivity index (χ4n) is 15.3. The van der Waals surface area contributed by atoms with Gasteiger partial charge in [0.25, 0.3) is 0 Å². The summed E-state index contributed by atoms with van der Waals surface area (Å²) in [6.45, 7) is -0.166. The standard InChI is InChI=1S/C86H56B2N8Se2/c1-3-27-57(28-4-1)93(73-41-13-7-31-61(73)69-37-19-23-47-89-69)59-51-79-85-83(53-59)97-81-56-82-68(55-67(81)87(85)65-35-11-17-45-77(65)95(79)75-43-15-9-33-63(75)71-39-21-25-49-91-71)88-66-36-12-18-46-78(66)96(76-44-16-10-34-64(76)72-40-22-26-50-92-72)80-52-60(54-84(98-82)86(80)88)94(58-29-5-2-6-30-58)74-42-14-8-32-62(74)70-38-20-24-48-90-70/h1-56H. The molecule has 12 heteroatoms. The van der Waals surface area contributed by atoms with E-state index >= 15 is 0 Å². The predicted molar refractivity (Wildman–Crippen MR) is 410 cm³/mol. The molecule has 0 bridgehead atoms. The number of benzene rings is 11. The Bertz CT molecular complexity index is 5240. The SMILES string of the molecule is c1ccc(N(c2cc3c4c(c2)N(c2ccccc2-c2ccccn2)c2ccccc2B4c2cc4c(cc2[Se]3)[Se]c2cc(N(c3ccccc3)c3ccccc3-c3ccccn3)cc3c2B4c2ccccc2N3c2ccccc2-c2ccccn2)c2ccccc2-c2ccccn2)cc1. The third-order valence-corrected chi connectivity index (χ3v) is 24.1. The van der Waals surface area contributed by atoms with Crippen LogP contribution in [-0.4, -0.2) is 63.3 Å². The molecule has 19 rings (SSSR count). The Morgan fingerprint density at radius 1 is 0.245 bits per heavy atom. The van der Waals surface area contributed by atoms with Gasteiger partial charge in [0, 0.05) is 0 Å². The molecule has 0 saturated carbocycles. The Labute approximate surface area is 582 Å². The Morgan fingerprint density at radius 3 is 0.980 bits per heavy atom. The molecule has 98 heavy (non-hydrogen) atoms. The van der Waals surface area contributed by atoms with E-state index in [1.807, 2.05) is 49.1 Å². The van der Waals surface area contributed by atoms with E-state index in [4.69, 9.17) is 19.9 Å². The van der Waals surface area contributed by atoms with Gasteiger partial charge in [-0.2, -0.15) is 0 Å². The van der Waals surface area contributed by atoms with Gasteiger partial charge in [0.1, 0.15) is 0 Å². The van der Waals surface area contributed by atoms with E-state index in [1.54, 1.807) is 0 Å². The van der Waals surface area contributed by atoms with E-state index in [2.05, 4.69) is 311 Å². The molecular formula is C86H56B2N8Se2. The number of anilines is 12. The van der Waals surface area contributed by atoms with Crippen LogP contribution in [0.15, 0.2) is 340 Å². The predicted octanol–water partition coefficient (Wildman–Crippen LogP) is 13.4. The maximum atomic E-state index is 5.02. The molecule has 4 aliphatic heterocycles. The Balaban J connectivity index is 0.857. The molecule has 0 fully saturated rings. The van der Waals surface area contributed by atoms with Crippen LogP contribution in [0.5, 0.6) is 0 Å². The summed E-state index contributed by atoms with van der Waals surface area (Å²) < 4.78 is 5.55. The number of nitrogens with zero attached hydrogens (tertiary/aromatic N) is 8. The molecule has 4 aromatic heterocycles. The molecule has 458 valence electrons. The summed E-state index contributed by atoms with van der Waals surface area (Å²) >= 11 is -0.303. The van der Waals surface area contributed by atoms with Crippen LogP contribution in [0.3, 0.4) is 0 Å². The Morgan fingerprint density at radius 2 is 0.582 bits per heavy atom. The van der Waals surface area contributed by atoms with Crippen molar-refractivity contribution in [1.82, 2.24) is 19.9 Å². The molecular weight excluding hydrogens is 1320 g/mol. The Kier molecular flexibility index (Phi) is 14.3. The van der Waals surface area contributed by atoms with Gasteiger partial charge in [0.15, 0.2) is 0 Å². The first kappa shape index (κ1) is 57.8. The van der Waals surface area contributed by atoms with Gasteiger partial charge in [-0.05, 0) is 0 Å². The molecule has 8 nitrogen and oxygen atoms in total. The number of para-hydroxylation sites is 8. The van der Waals surface area contributed by atoms with Crippen LogP contribution in [0, 0.1) is 0 Å². The van der Waals surface area contributed by atoms with Crippen molar-refractivity contribution in [2.24, 2.45) is 0 Å². The minimum absolute atomic E-state index is 0.0830. The van der Waals surface area contributed by atoms with E-state index in [-0.39, 0.29) is 43.3 Å². The van der Waals surface area contributed by atoms with E-state index in [1.165, 1.54) is 50.6 Å². The molecule has 0 atom stereocenters. The monoisotopic (exact) mass is 1380 g/mol. The summed E-state index contributed by atoms with van der Waals surface area (Å²) in [4.78, 5) is 30.0. The van der Waals surface area contributed by atoms with Gasteiger partial charge in [-0.3, -0.25) is 0 Å². The molecule has 0 aliphatic carbocycles. The number of fused-ring (bicyclic) bond motifs is 8. The summed E-state index contributed by atoms with van der Waals surface area (Å²) in [6, 6.07) is 115. The maximum absolute atomic E-state index is 5.02. The molecule has 0 radical (unpaired) electrons. The van der Waals surface area contributed by atoms with E-state index in [9.17, 15) is 0 Å². The van der Waals surface area contributed by atoms with Crippen molar-refractivity contribution >= 4 is 162 Å². The molecule has 0 unspecified atom stereocenters. The average Bonchev–Trinajstić information content (AvgIpc) is 0.697. The quantitative estimate of drug-likeness (QED) is 0.112. The van der Waals surface area contributed by atoms with E-state index in [0.29, 0.717) is 0 Å². The fraction of sp³-hybridized carbons (Fsp3) is 0. The molecule has 11 aromatic carbocycles. The summed E-state index contributed by atoms with van der Waals surface area (Å²) in [6.07, 6.45) is 7.59. The third-order valence-electron chi connectivity index (χ3n) is 19.3. The zero-order chi connectivity index (χ0) is 64.6. The normalized spacial score (nSPS) is 12.7. The van der Waals surface area contributed by atoms with Gasteiger partial charge in [-0.15, -0.1) is 0 Å². The Hall–Kier alpha value is -11.6. The molecule has 0 spiro atoms. The second kappa shape index (κ2) is 24.2. The van der Waals surface area contributed by atoms with Crippen molar-refractivity contribution in [2.45, 2.75) is 0 Å². The van der Waals surface area contributed by atoms with Crippen molar-refractivity contribution in [1.29, 1.82) is 0 Å². The summed E-state index contributed by atoms with van der Waals surface area (Å²) in [7, 11) is 0. The number of hydrogen-bond donors (Lipinski definition) is 0. The second-order valence-electron chi connectivity index (χ2n) is 24.8. The van der Waals surface area contributed by atoms with Crippen molar-refractivity contribution < 1.29 is 0 Å². The summed E-state index contributed by atoms with van der Waals surface area (Å²) in [5.41, 5.74) is 29.1. The number of pyridine rings is 4. The molecule has 8 heterocycles. The van der Waals surface area contributed by atoms with Crippen LogP contribution in [0.2, 0.25) is 0 Å². The zero-order valence-corrected chi connectivity index (χ0v) is 56.3. The minimum atomic E-state index is -0.151. The van der Waals surface area contributed by atoms with Crippen LogP contribution < -0.4 is 70.2 Å². The summed E-state index contributed by atoms with van der Waals surface area (Å²) in [5.74, 6) is 0. The average molecular weight is 1380 g/mol. The number of aromatic nitrogens is 4. The van der Waals surface area contributed by atoms with Crippen LogP contribution in [0.4, 0.5) is 68.2 Å². The third kappa shape index (κ3) is 9.67. The van der Waals surface area contributed by atoms with Gasteiger partial charge in [0.2, 0.25) is 0 Å². The molecule has 0 saturated heterocycles. The van der Waals surface area contributed by atoms with Crippen molar-refractivity contribution in [2.75, 3.05) is 19.6 Å². The van der Waals surface area contributed by atoms with Gasteiger partial charge >= 0.3 is 587 Å². The van der Waals surface area contributed by atoms with Crippen LogP contribution >= 0.6 is 0 Å². The molecule has 4 aliphatic rings. The van der Waals surface area contributed by atoms with Gasteiger partial charge < -0.3 is 0 Å². The first-order chi connectivity index (χ1) is 48.7. The molecule has 0 N–H and O–H groups in total. The summed E-state index contributed by atoms with van der Waals surface area (Å²) in [5, 5.41) is 0. The van der Waals surface area contributed by atoms with E-state index in [0.717, 1.165) is 113 Å². The van der Waals surface area contributed by atoms with Crippen LogP contribution in [0.1, 0.15) is 0 Å². The van der Waals surface area contributed by atoms with Crippen molar-refractivity contribution in [3.63, 3.8) is 0 Å². The first-order valence-electron chi connectivity index (χ1n) is 33.1. The van der Waals surface area contributed by atoms with Gasteiger partial charge in [-0.25, -0.2) is 0 Å². The zero-order valence-electron chi connectivity index (χ0n) is 52.9. The van der Waals surface area contributed by atoms with Crippen molar-refractivity contribution in [3.8, 4) is 45.0 Å². The van der Waals surface area contributed by atoms with Crippen molar-refractivity contribution in [3.05, 3.63) is 340 Å². The second-order valence-corrected chi connectivity index (χ2v) is 29.4. The van der Waals surface area contributed by atoms with Gasteiger partial charge in [0.05, 0.1) is 0 Å².